The van der Waals surface area contributed by atoms with Gasteiger partial charge in [0.05, 0.1) is 6.42 Å². The Kier molecular flexibility index (Phi) is 3.63. The normalized spacial score (nSPS) is 10.7. The average molecular weight is 297 g/mol. The van der Waals surface area contributed by atoms with Gasteiger partial charge in [0.25, 0.3) is 0 Å². The lowest BCUT2D eigenvalue weighted by atomic mass is 9.94. The minimum absolute atomic E-state index is 0.0241. The maximum absolute atomic E-state index is 11.0. The molecule has 104 valence electrons. The maximum Gasteiger partial charge on any atom is 0.307 e. The maximum atomic E-state index is 11.0. The van der Waals surface area contributed by atoms with Crippen molar-refractivity contribution in [2.24, 2.45) is 0 Å². The van der Waals surface area contributed by atoms with Crippen LogP contribution in [0.5, 0.6) is 0 Å². The first kappa shape index (κ1) is 13.7. The lowest BCUT2D eigenvalue weighted by Crippen LogP contribution is -2.01. The van der Waals surface area contributed by atoms with Gasteiger partial charge in [0.15, 0.2) is 0 Å². The second kappa shape index (κ2) is 5.58. The Balaban J connectivity index is 2.24. The third-order valence-corrected chi connectivity index (χ3v) is 3.73. The van der Waals surface area contributed by atoms with Crippen molar-refractivity contribution in [1.29, 1.82) is 0 Å². The van der Waals surface area contributed by atoms with Crippen LogP contribution < -0.4 is 0 Å². The van der Waals surface area contributed by atoms with Gasteiger partial charge in [-0.15, -0.1) is 0 Å². The van der Waals surface area contributed by atoms with Crippen LogP contribution in [0.2, 0.25) is 5.02 Å². The summed E-state index contributed by atoms with van der Waals surface area (Å²) in [6.07, 6.45) is 0.0241. The van der Waals surface area contributed by atoms with Crippen LogP contribution in [0.4, 0.5) is 0 Å². The summed E-state index contributed by atoms with van der Waals surface area (Å²) in [5.41, 5.74) is 2.91. The van der Waals surface area contributed by atoms with Crippen LogP contribution in [0.3, 0.4) is 0 Å². The molecule has 21 heavy (non-hydrogen) atoms. The van der Waals surface area contributed by atoms with E-state index in [9.17, 15) is 4.79 Å². The molecule has 0 atom stereocenters. The lowest BCUT2D eigenvalue weighted by Gasteiger charge is -2.11. The highest BCUT2D eigenvalue weighted by atomic mass is 35.5. The fourth-order valence-electron chi connectivity index (χ4n) is 2.59. The number of rotatable bonds is 3. The van der Waals surface area contributed by atoms with E-state index in [0.29, 0.717) is 5.02 Å². The highest BCUT2D eigenvalue weighted by Gasteiger charge is 2.10. The molecule has 0 fully saturated rings. The number of carboxylic acid groups (broad SMARTS) is 1. The van der Waals surface area contributed by atoms with Crippen LogP contribution in [0.1, 0.15) is 5.56 Å². The summed E-state index contributed by atoms with van der Waals surface area (Å²) in [5.74, 6) is -0.823. The van der Waals surface area contributed by atoms with Crippen LogP contribution in [0.15, 0.2) is 60.7 Å². The fraction of sp³-hybridized carbons (Fsp3) is 0.0556. The third kappa shape index (κ3) is 2.76. The number of carbonyl (C=O) groups is 1. The zero-order chi connectivity index (χ0) is 14.8. The molecule has 2 nitrogen and oxygen atoms in total. The van der Waals surface area contributed by atoms with Crippen LogP contribution in [-0.2, 0) is 11.2 Å². The Bertz CT molecular complexity index is 824. The predicted molar refractivity (Wildman–Crippen MR) is 85.7 cm³/mol. The van der Waals surface area contributed by atoms with Crippen LogP contribution in [0.25, 0.3) is 21.9 Å². The molecule has 0 spiro atoms. The Morgan fingerprint density at radius 3 is 2.43 bits per heavy atom. The van der Waals surface area contributed by atoms with Gasteiger partial charge in [-0.3, -0.25) is 4.79 Å². The molecule has 0 heterocycles. The van der Waals surface area contributed by atoms with E-state index in [1.807, 2.05) is 60.7 Å². The lowest BCUT2D eigenvalue weighted by molar-refractivity contribution is -0.136. The molecular weight excluding hydrogens is 284 g/mol. The molecule has 0 radical (unpaired) electrons. The van der Waals surface area contributed by atoms with E-state index in [1.165, 1.54) is 0 Å². The number of benzene rings is 3. The molecular formula is C18H13ClO2. The molecule has 0 bridgehead atoms. The van der Waals surface area contributed by atoms with Crippen molar-refractivity contribution in [3.05, 3.63) is 71.2 Å². The molecule has 0 unspecified atom stereocenters. The number of halogens is 1. The van der Waals surface area contributed by atoms with Gasteiger partial charge in [-0.05, 0) is 39.6 Å². The fourth-order valence-corrected chi connectivity index (χ4v) is 2.78. The second-order valence-electron chi connectivity index (χ2n) is 4.90. The quantitative estimate of drug-likeness (QED) is 0.754. The topological polar surface area (TPSA) is 37.3 Å². The average Bonchev–Trinajstić information content (AvgIpc) is 2.47. The van der Waals surface area contributed by atoms with Crippen molar-refractivity contribution in [3.63, 3.8) is 0 Å². The van der Waals surface area contributed by atoms with Gasteiger partial charge >= 0.3 is 5.97 Å². The molecule has 0 aliphatic heterocycles. The number of carboxylic acids is 1. The van der Waals surface area contributed by atoms with Crippen molar-refractivity contribution in [2.75, 3.05) is 0 Å². The van der Waals surface area contributed by atoms with E-state index >= 15 is 0 Å². The summed E-state index contributed by atoms with van der Waals surface area (Å²) in [5, 5.41) is 11.7. The molecule has 0 aromatic heterocycles. The molecule has 3 rings (SSSR count). The zero-order valence-corrected chi connectivity index (χ0v) is 12.0. The summed E-state index contributed by atoms with van der Waals surface area (Å²) in [7, 11) is 0. The molecule has 0 amide bonds. The van der Waals surface area contributed by atoms with E-state index in [1.54, 1.807) is 0 Å². The van der Waals surface area contributed by atoms with Crippen molar-refractivity contribution in [3.8, 4) is 11.1 Å². The van der Waals surface area contributed by atoms with Crippen molar-refractivity contribution in [2.45, 2.75) is 6.42 Å². The van der Waals surface area contributed by atoms with Gasteiger partial charge in [0, 0.05) is 5.02 Å². The highest BCUT2D eigenvalue weighted by Crippen LogP contribution is 2.32. The Hall–Kier alpha value is -2.32. The van der Waals surface area contributed by atoms with Gasteiger partial charge in [0.1, 0.15) is 0 Å². The van der Waals surface area contributed by atoms with Crippen molar-refractivity contribution < 1.29 is 9.90 Å². The van der Waals surface area contributed by atoms with Gasteiger partial charge in [-0.1, -0.05) is 60.1 Å². The smallest absolute Gasteiger partial charge is 0.307 e. The number of fused-ring (bicyclic) bond motifs is 1. The molecule has 1 N–H and O–H groups in total. The molecule has 3 aromatic carbocycles. The number of hydrogen-bond donors (Lipinski definition) is 1. The minimum atomic E-state index is -0.823. The Morgan fingerprint density at radius 1 is 0.952 bits per heavy atom. The number of aliphatic carboxylic acids is 1. The van der Waals surface area contributed by atoms with E-state index in [2.05, 4.69) is 0 Å². The Labute approximate surface area is 127 Å². The third-order valence-electron chi connectivity index (χ3n) is 3.49. The molecule has 0 saturated carbocycles. The largest absolute Gasteiger partial charge is 0.481 e. The van der Waals surface area contributed by atoms with Gasteiger partial charge in [-0.25, -0.2) is 0 Å². The first-order valence-electron chi connectivity index (χ1n) is 6.63. The standard InChI is InChI=1S/C18H13ClO2/c19-14-5-3-4-12(10-14)16-9-8-13(11-18(20)21)15-6-1-2-7-17(15)16/h1-10H,11H2,(H,20,21). The van der Waals surface area contributed by atoms with Gasteiger partial charge in [-0.2, -0.15) is 0 Å². The summed E-state index contributed by atoms with van der Waals surface area (Å²) >= 11 is 6.07. The second-order valence-corrected chi connectivity index (χ2v) is 5.34. The molecule has 0 aliphatic rings. The molecule has 3 heteroatoms. The van der Waals surface area contributed by atoms with Crippen LogP contribution >= 0.6 is 11.6 Å². The molecule has 0 aliphatic carbocycles. The summed E-state index contributed by atoms with van der Waals surface area (Å²) in [6, 6.07) is 19.4. The SMILES string of the molecule is O=C(O)Cc1ccc(-c2cccc(Cl)c2)c2ccccc12. The molecule has 3 aromatic rings. The Morgan fingerprint density at radius 2 is 1.71 bits per heavy atom. The summed E-state index contributed by atoms with van der Waals surface area (Å²) < 4.78 is 0. The van der Waals surface area contributed by atoms with E-state index in [4.69, 9.17) is 16.7 Å². The first-order chi connectivity index (χ1) is 10.1. The van der Waals surface area contributed by atoms with Crippen LogP contribution in [-0.4, -0.2) is 11.1 Å². The van der Waals surface area contributed by atoms with Gasteiger partial charge < -0.3 is 5.11 Å². The van der Waals surface area contributed by atoms with Crippen molar-refractivity contribution >= 4 is 28.3 Å². The highest BCUT2D eigenvalue weighted by molar-refractivity contribution is 6.30. The van der Waals surface area contributed by atoms with Gasteiger partial charge in [0.2, 0.25) is 0 Å². The van der Waals surface area contributed by atoms with E-state index in [0.717, 1.165) is 27.5 Å². The van der Waals surface area contributed by atoms with Crippen molar-refractivity contribution in [1.82, 2.24) is 0 Å². The summed E-state index contributed by atoms with van der Waals surface area (Å²) in [6.45, 7) is 0. The minimum Gasteiger partial charge on any atom is -0.481 e. The predicted octanol–water partition coefficient (Wildman–Crippen LogP) is 4.79. The number of hydrogen-bond acceptors (Lipinski definition) is 1. The first-order valence-corrected chi connectivity index (χ1v) is 7.01. The van der Waals surface area contributed by atoms with E-state index in [-0.39, 0.29) is 6.42 Å². The summed E-state index contributed by atoms with van der Waals surface area (Å²) in [4.78, 5) is 11.0. The van der Waals surface area contributed by atoms with E-state index < -0.39 is 5.97 Å². The monoisotopic (exact) mass is 296 g/mol. The zero-order valence-electron chi connectivity index (χ0n) is 11.2. The van der Waals surface area contributed by atoms with Crippen LogP contribution in [0, 0.1) is 0 Å². The molecule has 0 saturated heterocycles.